The zero-order valence-corrected chi connectivity index (χ0v) is 16.3. The van der Waals surface area contributed by atoms with Crippen molar-refractivity contribution in [2.45, 2.75) is 6.92 Å². The van der Waals surface area contributed by atoms with Gasteiger partial charge in [0, 0.05) is 27.9 Å². The van der Waals surface area contributed by atoms with Crippen LogP contribution in [0.15, 0.2) is 68.6 Å². The Kier molecular flexibility index (Phi) is 5.85. The van der Waals surface area contributed by atoms with E-state index in [9.17, 15) is 14.9 Å². The van der Waals surface area contributed by atoms with Gasteiger partial charge >= 0.3 is 6.03 Å². The standard InChI is InChI=1S/C19H15BrN4O4/c1-12-4-2-3-5-17(12)22-19(25)23-21-11-14-7-9-18(28-14)15-8-6-13(24(26)27)10-16(15)20/h2-11H,1H3,(H2,22,23,25). The van der Waals surface area contributed by atoms with E-state index >= 15 is 0 Å². The quantitative estimate of drug-likeness (QED) is 0.326. The molecule has 3 rings (SSSR count). The molecule has 0 aliphatic carbocycles. The summed E-state index contributed by atoms with van der Waals surface area (Å²) in [6.45, 7) is 1.89. The van der Waals surface area contributed by atoms with Gasteiger partial charge in [-0.1, -0.05) is 18.2 Å². The van der Waals surface area contributed by atoms with Crippen LogP contribution in [0.25, 0.3) is 11.3 Å². The Bertz CT molecular complexity index is 1060. The van der Waals surface area contributed by atoms with Gasteiger partial charge in [-0.15, -0.1) is 0 Å². The average Bonchev–Trinajstić information content (AvgIpc) is 3.12. The van der Waals surface area contributed by atoms with Gasteiger partial charge in [0.15, 0.2) is 0 Å². The molecule has 0 spiro atoms. The number of amides is 2. The van der Waals surface area contributed by atoms with Crippen molar-refractivity contribution in [2.75, 3.05) is 5.32 Å². The Morgan fingerprint density at radius 1 is 1.21 bits per heavy atom. The molecule has 0 atom stereocenters. The first-order valence-corrected chi connectivity index (χ1v) is 8.93. The van der Waals surface area contributed by atoms with E-state index in [0.29, 0.717) is 27.2 Å². The van der Waals surface area contributed by atoms with Crippen LogP contribution < -0.4 is 10.7 Å². The maximum atomic E-state index is 11.9. The van der Waals surface area contributed by atoms with Crippen molar-refractivity contribution < 1.29 is 14.1 Å². The fourth-order valence-corrected chi connectivity index (χ4v) is 2.96. The van der Waals surface area contributed by atoms with Gasteiger partial charge in [0.25, 0.3) is 5.69 Å². The fraction of sp³-hybridized carbons (Fsp3) is 0.0526. The van der Waals surface area contributed by atoms with Crippen molar-refractivity contribution in [1.29, 1.82) is 0 Å². The Morgan fingerprint density at radius 3 is 2.71 bits per heavy atom. The summed E-state index contributed by atoms with van der Waals surface area (Å²) in [5.74, 6) is 0.920. The van der Waals surface area contributed by atoms with Crippen LogP contribution in [0.3, 0.4) is 0 Å². The molecule has 28 heavy (non-hydrogen) atoms. The molecule has 2 amide bonds. The molecule has 1 aromatic heterocycles. The third-order valence-corrected chi connectivity index (χ3v) is 4.46. The Hall–Kier alpha value is -3.46. The highest BCUT2D eigenvalue weighted by atomic mass is 79.9. The van der Waals surface area contributed by atoms with Crippen molar-refractivity contribution >= 4 is 39.6 Å². The number of non-ortho nitro benzene ring substituents is 1. The first-order valence-electron chi connectivity index (χ1n) is 8.14. The molecule has 0 bridgehead atoms. The summed E-state index contributed by atoms with van der Waals surface area (Å²) in [6, 6.07) is 14.7. The summed E-state index contributed by atoms with van der Waals surface area (Å²) >= 11 is 3.31. The maximum absolute atomic E-state index is 11.9. The Labute approximate surface area is 168 Å². The summed E-state index contributed by atoms with van der Waals surface area (Å²) < 4.78 is 6.19. The molecular formula is C19H15BrN4O4. The summed E-state index contributed by atoms with van der Waals surface area (Å²) in [4.78, 5) is 22.2. The smallest absolute Gasteiger partial charge is 0.339 e. The third-order valence-electron chi connectivity index (χ3n) is 3.81. The highest BCUT2D eigenvalue weighted by Crippen LogP contribution is 2.32. The second-order valence-electron chi connectivity index (χ2n) is 5.76. The molecule has 0 aliphatic rings. The number of nitro groups is 1. The van der Waals surface area contributed by atoms with Gasteiger partial charge in [-0.3, -0.25) is 10.1 Å². The molecule has 1 heterocycles. The number of hydrazone groups is 1. The lowest BCUT2D eigenvalue weighted by atomic mass is 10.1. The number of hydrogen-bond donors (Lipinski definition) is 2. The van der Waals surface area contributed by atoms with Crippen molar-refractivity contribution in [3.05, 3.63) is 80.5 Å². The third kappa shape index (κ3) is 4.63. The van der Waals surface area contributed by atoms with E-state index in [0.717, 1.165) is 5.56 Å². The van der Waals surface area contributed by atoms with Crippen LogP contribution >= 0.6 is 15.9 Å². The number of aryl methyl sites for hydroxylation is 1. The highest BCUT2D eigenvalue weighted by molar-refractivity contribution is 9.10. The molecule has 0 unspecified atom stereocenters. The lowest BCUT2D eigenvalue weighted by Gasteiger charge is -2.06. The van der Waals surface area contributed by atoms with Gasteiger partial charge in [0.2, 0.25) is 0 Å². The molecule has 0 saturated carbocycles. The average molecular weight is 443 g/mol. The number of benzene rings is 2. The second-order valence-corrected chi connectivity index (χ2v) is 6.62. The number of carbonyl (C=O) groups excluding carboxylic acids is 1. The zero-order chi connectivity index (χ0) is 20.1. The van der Waals surface area contributed by atoms with Gasteiger partial charge in [-0.05, 0) is 52.7 Å². The van der Waals surface area contributed by atoms with Gasteiger partial charge < -0.3 is 9.73 Å². The van der Waals surface area contributed by atoms with Gasteiger partial charge in [0.1, 0.15) is 11.5 Å². The number of anilines is 1. The lowest BCUT2D eigenvalue weighted by molar-refractivity contribution is -0.384. The van der Waals surface area contributed by atoms with Crippen LogP contribution in [-0.4, -0.2) is 17.2 Å². The number of halogens is 1. The highest BCUT2D eigenvalue weighted by Gasteiger charge is 2.13. The fourth-order valence-electron chi connectivity index (χ4n) is 2.40. The van der Waals surface area contributed by atoms with Crippen LogP contribution in [0.5, 0.6) is 0 Å². The summed E-state index contributed by atoms with van der Waals surface area (Å²) in [6.07, 6.45) is 1.36. The number of hydrogen-bond acceptors (Lipinski definition) is 5. The number of furan rings is 1. The lowest BCUT2D eigenvalue weighted by Crippen LogP contribution is -2.24. The summed E-state index contributed by atoms with van der Waals surface area (Å²) in [7, 11) is 0. The minimum absolute atomic E-state index is 0.0205. The summed E-state index contributed by atoms with van der Waals surface area (Å²) in [5, 5.41) is 17.4. The van der Waals surface area contributed by atoms with Crippen LogP contribution in [0.4, 0.5) is 16.2 Å². The van der Waals surface area contributed by atoms with Gasteiger partial charge in [-0.2, -0.15) is 5.10 Å². The number of nitrogens with zero attached hydrogens (tertiary/aromatic N) is 2. The minimum atomic E-state index is -0.476. The van der Waals surface area contributed by atoms with Crippen LogP contribution in [0.1, 0.15) is 11.3 Å². The molecule has 0 aliphatic heterocycles. The minimum Gasteiger partial charge on any atom is -0.455 e. The molecule has 2 aromatic carbocycles. The van der Waals surface area contributed by atoms with E-state index in [2.05, 4.69) is 31.8 Å². The number of carbonyl (C=O) groups is 1. The van der Waals surface area contributed by atoms with Crippen LogP contribution in [0, 0.1) is 17.0 Å². The van der Waals surface area contributed by atoms with E-state index in [1.54, 1.807) is 24.3 Å². The van der Waals surface area contributed by atoms with Crippen molar-refractivity contribution in [2.24, 2.45) is 5.10 Å². The van der Waals surface area contributed by atoms with E-state index in [4.69, 9.17) is 4.42 Å². The van der Waals surface area contributed by atoms with Gasteiger partial charge in [0.05, 0.1) is 11.1 Å². The SMILES string of the molecule is Cc1ccccc1NC(=O)NN=Cc1ccc(-c2ccc([N+](=O)[O-])cc2Br)o1. The monoisotopic (exact) mass is 442 g/mol. The predicted molar refractivity (Wildman–Crippen MR) is 109 cm³/mol. The topological polar surface area (TPSA) is 110 Å². The number of nitrogens with one attached hydrogen (secondary N) is 2. The van der Waals surface area contributed by atoms with Gasteiger partial charge in [-0.25, -0.2) is 10.2 Å². The zero-order valence-electron chi connectivity index (χ0n) is 14.7. The Balaban J connectivity index is 1.64. The van der Waals surface area contributed by atoms with E-state index in [1.165, 1.54) is 18.3 Å². The molecule has 0 saturated heterocycles. The predicted octanol–water partition coefficient (Wildman–Crippen LogP) is 5.08. The Morgan fingerprint density at radius 2 is 2.00 bits per heavy atom. The number of urea groups is 1. The van der Waals surface area contributed by atoms with E-state index < -0.39 is 11.0 Å². The number of nitro benzene ring substituents is 1. The first kappa shape index (κ1) is 19.3. The summed E-state index contributed by atoms with van der Waals surface area (Å²) in [5.41, 5.74) is 4.63. The second kappa shape index (κ2) is 8.49. The van der Waals surface area contributed by atoms with E-state index in [1.807, 2.05) is 25.1 Å². The van der Waals surface area contributed by atoms with E-state index in [-0.39, 0.29) is 5.69 Å². The number of para-hydroxylation sites is 1. The molecule has 0 fully saturated rings. The van der Waals surface area contributed by atoms with Crippen molar-refractivity contribution in [3.63, 3.8) is 0 Å². The maximum Gasteiger partial charge on any atom is 0.339 e. The first-order chi connectivity index (χ1) is 13.4. The molecular weight excluding hydrogens is 428 g/mol. The molecule has 142 valence electrons. The molecule has 8 nitrogen and oxygen atoms in total. The van der Waals surface area contributed by atoms with Crippen molar-refractivity contribution in [1.82, 2.24) is 5.43 Å². The number of rotatable bonds is 5. The molecule has 3 aromatic rings. The normalized spacial score (nSPS) is 10.8. The molecule has 2 N–H and O–H groups in total. The van der Waals surface area contributed by atoms with Crippen LogP contribution in [-0.2, 0) is 0 Å². The molecule has 9 heteroatoms. The van der Waals surface area contributed by atoms with Crippen LogP contribution in [0.2, 0.25) is 0 Å². The van der Waals surface area contributed by atoms with Crippen molar-refractivity contribution in [3.8, 4) is 11.3 Å². The largest absolute Gasteiger partial charge is 0.455 e. The molecule has 0 radical (unpaired) electrons.